The number of hydrogen-bond donors (Lipinski definition) is 2. The maximum Gasteiger partial charge on any atom is 0.255 e. The molecular formula is C16H13N3O2. The number of carbonyl (C=O) groups excluding carboxylic acids is 1. The second-order valence-corrected chi connectivity index (χ2v) is 4.77. The number of anilines is 1. The number of amides is 1. The maximum absolute atomic E-state index is 12.2. The van der Waals surface area contributed by atoms with Crippen LogP contribution in [0.15, 0.2) is 53.6 Å². The minimum atomic E-state index is -0.273. The molecule has 1 aromatic carbocycles. The standard InChI is InChI=1S/C16H13N3O2/c1-10-7-15(20)13-8-11(4-5-14(13)18-10)16(21)19-12-3-2-6-17-9-12/h2-9H,1H3,(H,18,20)(H,19,21). The van der Waals surface area contributed by atoms with Gasteiger partial charge in [-0.3, -0.25) is 14.6 Å². The van der Waals surface area contributed by atoms with Crippen LogP contribution in [-0.4, -0.2) is 15.9 Å². The molecule has 0 atom stereocenters. The van der Waals surface area contributed by atoms with E-state index in [1.54, 1.807) is 42.7 Å². The number of hydrogen-bond acceptors (Lipinski definition) is 3. The number of aromatic amines is 1. The number of aryl methyl sites for hydroxylation is 1. The van der Waals surface area contributed by atoms with Crippen LogP contribution in [0.1, 0.15) is 16.1 Å². The Hall–Kier alpha value is -2.95. The highest BCUT2D eigenvalue weighted by Crippen LogP contribution is 2.13. The lowest BCUT2D eigenvalue weighted by atomic mass is 10.1. The summed E-state index contributed by atoms with van der Waals surface area (Å²) in [5.74, 6) is -0.273. The van der Waals surface area contributed by atoms with Crippen LogP contribution in [0, 0.1) is 6.92 Å². The average molecular weight is 279 g/mol. The quantitative estimate of drug-likeness (QED) is 0.756. The molecule has 104 valence electrons. The summed E-state index contributed by atoms with van der Waals surface area (Å²) < 4.78 is 0. The molecule has 21 heavy (non-hydrogen) atoms. The predicted molar refractivity (Wildman–Crippen MR) is 81.5 cm³/mol. The minimum absolute atomic E-state index is 0.0997. The van der Waals surface area contributed by atoms with Gasteiger partial charge in [-0.15, -0.1) is 0 Å². The predicted octanol–water partition coefficient (Wildman–Crippen LogP) is 2.48. The fourth-order valence-corrected chi connectivity index (χ4v) is 2.16. The molecule has 0 fully saturated rings. The van der Waals surface area contributed by atoms with E-state index in [1.807, 2.05) is 6.92 Å². The Morgan fingerprint density at radius 3 is 2.86 bits per heavy atom. The second-order valence-electron chi connectivity index (χ2n) is 4.77. The highest BCUT2D eigenvalue weighted by molar-refractivity contribution is 6.06. The van der Waals surface area contributed by atoms with Crippen molar-refractivity contribution in [3.63, 3.8) is 0 Å². The van der Waals surface area contributed by atoms with Gasteiger partial charge in [0, 0.05) is 34.4 Å². The molecule has 0 saturated carbocycles. The number of benzene rings is 1. The average Bonchev–Trinajstić information content (AvgIpc) is 2.47. The van der Waals surface area contributed by atoms with Crippen molar-refractivity contribution in [2.45, 2.75) is 6.92 Å². The molecule has 2 aromatic heterocycles. The van der Waals surface area contributed by atoms with E-state index in [1.165, 1.54) is 6.07 Å². The molecule has 0 aliphatic heterocycles. The number of carbonyl (C=O) groups is 1. The largest absolute Gasteiger partial charge is 0.358 e. The van der Waals surface area contributed by atoms with Crippen molar-refractivity contribution >= 4 is 22.5 Å². The first-order valence-electron chi connectivity index (χ1n) is 6.48. The first-order chi connectivity index (χ1) is 10.1. The normalized spacial score (nSPS) is 10.5. The van der Waals surface area contributed by atoms with E-state index in [9.17, 15) is 9.59 Å². The Balaban J connectivity index is 1.98. The fraction of sp³-hybridized carbons (Fsp3) is 0.0625. The summed E-state index contributed by atoms with van der Waals surface area (Å²) in [5, 5.41) is 3.24. The van der Waals surface area contributed by atoms with Gasteiger partial charge in [0.1, 0.15) is 0 Å². The van der Waals surface area contributed by atoms with Crippen molar-refractivity contribution in [3.8, 4) is 0 Å². The van der Waals surface area contributed by atoms with Crippen LogP contribution in [0.2, 0.25) is 0 Å². The van der Waals surface area contributed by atoms with E-state index < -0.39 is 0 Å². The second kappa shape index (κ2) is 5.20. The molecular weight excluding hydrogens is 266 g/mol. The molecule has 0 spiro atoms. The Kier molecular flexibility index (Phi) is 3.23. The number of fused-ring (bicyclic) bond motifs is 1. The summed E-state index contributed by atoms with van der Waals surface area (Å²) in [6.07, 6.45) is 3.20. The Morgan fingerprint density at radius 2 is 2.10 bits per heavy atom. The van der Waals surface area contributed by atoms with E-state index in [0.717, 1.165) is 11.2 Å². The number of H-pyrrole nitrogens is 1. The van der Waals surface area contributed by atoms with Gasteiger partial charge >= 0.3 is 0 Å². The zero-order valence-electron chi connectivity index (χ0n) is 11.4. The van der Waals surface area contributed by atoms with Gasteiger partial charge in [0.15, 0.2) is 5.43 Å². The van der Waals surface area contributed by atoms with E-state index in [2.05, 4.69) is 15.3 Å². The van der Waals surface area contributed by atoms with Crippen LogP contribution < -0.4 is 10.7 Å². The number of pyridine rings is 2. The van der Waals surface area contributed by atoms with E-state index in [0.29, 0.717) is 16.6 Å². The van der Waals surface area contributed by atoms with Gasteiger partial charge in [0.05, 0.1) is 11.9 Å². The first-order valence-corrected chi connectivity index (χ1v) is 6.48. The number of nitrogens with zero attached hydrogens (tertiary/aromatic N) is 1. The third kappa shape index (κ3) is 2.67. The minimum Gasteiger partial charge on any atom is -0.358 e. The van der Waals surface area contributed by atoms with Crippen molar-refractivity contribution in [2.24, 2.45) is 0 Å². The van der Waals surface area contributed by atoms with Gasteiger partial charge in [-0.2, -0.15) is 0 Å². The highest BCUT2D eigenvalue weighted by atomic mass is 16.1. The third-order valence-corrected chi connectivity index (χ3v) is 3.15. The zero-order chi connectivity index (χ0) is 14.8. The Labute approximate surface area is 120 Å². The van der Waals surface area contributed by atoms with Crippen molar-refractivity contribution in [1.29, 1.82) is 0 Å². The molecule has 3 aromatic rings. The van der Waals surface area contributed by atoms with E-state index >= 15 is 0 Å². The first kappa shape index (κ1) is 13.1. The van der Waals surface area contributed by atoms with Gasteiger partial charge in [-0.25, -0.2) is 0 Å². The molecule has 0 saturated heterocycles. The molecule has 0 aliphatic rings. The number of rotatable bonds is 2. The van der Waals surface area contributed by atoms with Crippen LogP contribution >= 0.6 is 0 Å². The summed E-state index contributed by atoms with van der Waals surface area (Å²) in [5.41, 5.74) is 2.45. The van der Waals surface area contributed by atoms with Crippen molar-refractivity contribution < 1.29 is 4.79 Å². The monoisotopic (exact) mass is 279 g/mol. The summed E-state index contributed by atoms with van der Waals surface area (Å²) in [6.45, 7) is 1.82. The lowest BCUT2D eigenvalue weighted by Gasteiger charge is -2.06. The van der Waals surface area contributed by atoms with Crippen LogP contribution in [0.25, 0.3) is 10.9 Å². The molecule has 0 radical (unpaired) electrons. The van der Waals surface area contributed by atoms with Gasteiger partial charge in [0.2, 0.25) is 0 Å². The number of aromatic nitrogens is 2. The Morgan fingerprint density at radius 1 is 1.24 bits per heavy atom. The maximum atomic E-state index is 12.2. The van der Waals surface area contributed by atoms with E-state index in [4.69, 9.17) is 0 Å². The smallest absolute Gasteiger partial charge is 0.255 e. The van der Waals surface area contributed by atoms with E-state index in [-0.39, 0.29) is 11.3 Å². The topological polar surface area (TPSA) is 74.8 Å². The molecule has 5 nitrogen and oxygen atoms in total. The number of nitrogens with one attached hydrogen (secondary N) is 2. The van der Waals surface area contributed by atoms with Crippen molar-refractivity contribution in [3.05, 3.63) is 70.3 Å². The summed E-state index contributed by atoms with van der Waals surface area (Å²) >= 11 is 0. The molecule has 0 unspecified atom stereocenters. The molecule has 1 amide bonds. The zero-order valence-corrected chi connectivity index (χ0v) is 11.4. The lowest BCUT2D eigenvalue weighted by molar-refractivity contribution is 0.102. The van der Waals surface area contributed by atoms with Gasteiger partial charge < -0.3 is 10.3 Å². The summed E-state index contributed by atoms with van der Waals surface area (Å²) in [4.78, 5) is 31.2. The van der Waals surface area contributed by atoms with Crippen molar-refractivity contribution in [1.82, 2.24) is 9.97 Å². The Bertz CT molecular complexity index is 870. The SMILES string of the molecule is Cc1cc(=O)c2cc(C(=O)Nc3cccnc3)ccc2[nH]1. The fourth-order valence-electron chi connectivity index (χ4n) is 2.16. The van der Waals surface area contributed by atoms with Gasteiger partial charge in [-0.05, 0) is 37.3 Å². The third-order valence-electron chi connectivity index (χ3n) is 3.15. The summed E-state index contributed by atoms with van der Waals surface area (Å²) in [6, 6.07) is 10.0. The summed E-state index contributed by atoms with van der Waals surface area (Å²) in [7, 11) is 0. The molecule has 0 bridgehead atoms. The van der Waals surface area contributed by atoms with Crippen LogP contribution in [0.4, 0.5) is 5.69 Å². The highest BCUT2D eigenvalue weighted by Gasteiger charge is 2.09. The molecule has 0 aliphatic carbocycles. The molecule has 2 heterocycles. The van der Waals surface area contributed by atoms with Crippen molar-refractivity contribution in [2.75, 3.05) is 5.32 Å². The van der Waals surface area contributed by atoms with Gasteiger partial charge in [0.25, 0.3) is 5.91 Å². The van der Waals surface area contributed by atoms with Crippen LogP contribution in [-0.2, 0) is 0 Å². The lowest BCUT2D eigenvalue weighted by Crippen LogP contribution is -2.13. The molecule has 3 rings (SSSR count). The van der Waals surface area contributed by atoms with Crippen LogP contribution in [0.3, 0.4) is 0 Å². The molecule has 2 N–H and O–H groups in total. The van der Waals surface area contributed by atoms with Crippen LogP contribution in [0.5, 0.6) is 0 Å². The molecule has 5 heteroatoms. The van der Waals surface area contributed by atoms with Gasteiger partial charge in [-0.1, -0.05) is 0 Å².